The average molecular weight is 267 g/mol. The van der Waals surface area contributed by atoms with Crippen LogP contribution in [0.1, 0.15) is 54.7 Å². The fraction of sp³-hybridized carbons (Fsp3) is 0.769. The highest BCUT2D eigenvalue weighted by atomic mass is 16.4. The van der Waals surface area contributed by atoms with Crippen molar-refractivity contribution in [2.75, 3.05) is 6.61 Å². The van der Waals surface area contributed by atoms with Crippen molar-refractivity contribution < 1.29 is 15.0 Å². The molecule has 1 heterocycles. The van der Waals surface area contributed by atoms with Crippen LogP contribution in [0.4, 0.5) is 0 Å². The van der Waals surface area contributed by atoms with Gasteiger partial charge in [0.2, 0.25) is 0 Å². The molecule has 1 fully saturated rings. The first-order chi connectivity index (χ1) is 9.22. The minimum Gasteiger partial charge on any atom is -0.476 e. The summed E-state index contributed by atoms with van der Waals surface area (Å²) in [6.45, 7) is 0.249. The molecule has 1 aromatic rings. The molecule has 106 valence electrons. The lowest BCUT2D eigenvalue weighted by atomic mass is 9.85. The molecule has 0 aromatic carbocycles. The lowest BCUT2D eigenvalue weighted by molar-refractivity contribution is 0.0688. The van der Waals surface area contributed by atoms with Gasteiger partial charge in [-0.1, -0.05) is 37.3 Å². The van der Waals surface area contributed by atoms with E-state index in [4.69, 9.17) is 10.2 Å². The van der Waals surface area contributed by atoms with Crippen LogP contribution >= 0.6 is 0 Å². The standard InChI is InChI=1S/C13H21N3O3/c17-9-8-16-11(12(13(18)19)14-15-16)7-6-10-4-2-1-3-5-10/h10,17H,1-9H2,(H,18,19). The molecule has 0 bridgehead atoms. The Morgan fingerprint density at radius 2 is 2.05 bits per heavy atom. The molecule has 0 atom stereocenters. The fourth-order valence-corrected chi connectivity index (χ4v) is 2.84. The van der Waals surface area contributed by atoms with Crippen molar-refractivity contribution in [1.29, 1.82) is 0 Å². The van der Waals surface area contributed by atoms with Crippen LogP contribution in [0.3, 0.4) is 0 Å². The number of rotatable bonds is 6. The van der Waals surface area contributed by atoms with Crippen molar-refractivity contribution in [2.24, 2.45) is 5.92 Å². The fourth-order valence-electron chi connectivity index (χ4n) is 2.84. The van der Waals surface area contributed by atoms with E-state index in [1.54, 1.807) is 0 Å². The lowest BCUT2D eigenvalue weighted by Gasteiger charge is -2.21. The van der Waals surface area contributed by atoms with E-state index in [1.165, 1.54) is 36.8 Å². The number of carboxylic acids is 1. The molecule has 0 spiro atoms. The van der Waals surface area contributed by atoms with Gasteiger partial charge in [-0.05, 0) is 18.8 Å². The highest BCUT2D eigenvalue weighted by Crippen LogP contribution is 2.27. The molecule has 0 amide bonds. The molecule has 0 aliphatic heterocycles. The zero-order chi connectivity index (χ0) is 13.7. The first kappa shape index (κ1) is 14.0. The van der Waals surface area contributed by atoms with Gasteiger partial charge in [-0.2, -0.15) is 0 Å². The molecule has 0 unspecified atom stereocenters. The van der Waals surface area contributed by atoms with Gasteiger partial charge in [-0.3, -0.25) is 0 Å². The van der Waals surface area contributed by atoms with Crippen molar-refractivity contribution >= 4 is 5.97 Å². The Kier molecular flexibility index (Phi) is 4.90. The summed E-state index contributed by atoms with van der Waals surface area (Å²) in [5, 5.41) is 25.6. The second kappa shape index (κ2) is 6.65. The largest absolute Gasteiger partial charge is 0.476 e. The Hall–Kier alpha value is -1.43. The van der Waals surface area contributed by atoms with E-state index in [9.17, 15) is 4.79 Å². The third-order valence-corrected chi connectivity index (χ3v) is 3.87. The van der Waals surface area contributed by atoms with Gasteiger partial charge in [0.25, 0.3) is 0 Å². The van der Waals surface area contributed by atoms with Gasteiger partial charge in [-0.15, -0.1) is 5.10 Å². The monoisotopic (exact) mass is 267 g/mol. The molecule has 0 radical (unpaired) electrons. The zero-order valence-electron chi connectivity index (χ0n) is 11.1. The van der Waals surface area contributed by atoms with E-state index in [1.807, 2.05) is 0 Å². The van der Waals surface area contributed by atoms with Gasteiger partial charge in [-0.25, -0.2) is 9.48 Å². The summed E-state index contributed by atoms with van der Waals surface area (Å²) in [5.74, 6) is -0.351. The number of aliphatic hydroxyl groups excluding tert-OH is 1. The van der Waals surface area contributed by atoms with Crippen molar-refractivity contribution in [2.45, 2.75) is 51.5 Å². The van der Waals surface area contributed by atoms with Gasteiger partial charge >= 0.3 is 5.97 Å². The van der Waals surface area contributed by atoms with Crippen LogP contribution in [-0.4, -0.2) is 37.8 Å². The Morgan fingerprint density at radius 1 is 1.32 bits per heavy atom. The number of aliphatic hydroxyl groups is 1. The normalized spacial score (nSPS) is 16.7. The van der Waals surface area contributed by atoms with Crippen LogP contribution in [0.2, 0.25) is 0 Å². The summed E-state index contributed by atoms with van der Waals surface area (Å²) in [6, 6.07) is 0. The zero-order valence-corrected chi connectivity index (χ0v) is 11.1. The van der Waals surface area contributed by atoms with Gasteiger partial charge in [0.05, 0.1) is 18.8 Å². The maximum atomic E-state index is 11.1. The highest BCUT2D eigenvalue weighted by Gasteiger charge is 2.21. The SMILES string of the molecule is O=C(O)c1nnn(CCO)c1CCC1CCCCC1. The number of hydrogen-bond donors (Lipinski definition) is 2. The summed E-state index contributed by atoms with van der Waals surface area (Å²) >= 11 is 0. The van der Waals surface area contributed by atoms with E-state index in [0.717, 1.165) is 6.42 Å². The first-order valence-corrected chi connectivity index (χ1v) is 6.99. The molecule has 0 saturated heterocycles. The lowest BCUT2D eigenvalue weighted by Crippen LogP contribution is -2.14. The maximum Gasteiger partial charge on any atom is 0.358 e. The molecule has 2 N–H and O–H groups in total. The van der Waals surface area contributed by atoms with Gasteiger partial charge in [0.15, 0.2) is 5.69 Å². The van der Waals surface area contributed by atoms with E-state index in [-0.39, 0.29) is 12.3 Å². The van der Waals surface area contributed by atoms with Crippen LogP contribution in [-0.2, 0) is 13.0 Å². The Labute approximate surface area is 112 Å². The third kappa shape index (κ3) is 3.53. The number of carbonyl (C=O) groups is 1. The number of hydrogen-bond acceptors (Lipinski definition) is 4. The van der Waals surface area contributed by atoms with E-state index < -0.39 is 5.97 Å². The smallest absolute Gasteiger partial charge is 0.358 e. The van der Waals surface area contributed by atoms with Crippen molar-refractivity contribution in [3.63, 3.8) is 0 Å². The van der Waals surface area contributed by atoms with E-state index in [2.05, 4.69) is 10.3 Å². The van der Waals surface area contributed by atoms with Gasteiger partial charge in [0.1, 0.15) is 0 Å². The van der Waals surface area contributed by atoms with Gasteiger partial charge < -0.3 is 10.2 Å². The Bertz CT molecular complexity index is 425. The first-order valence-electron chi connectivity index (χ1n) is 6.99. The molecule has 1 saturated carbocycles. The summed E-state index contributed by atoms with van der Waals surface area (Å²) < 4.78 is 1.52. The second-order valence-electron chi connectivity index (χ2n) is 5.18. The summed E-state index contributed by atoms with van der Waals surface area (Å²) in [5.41, 5.74) is 0.677. The molecule has 6 nitrogen and oxygen atoms in total. The molecule has 1 aliphatic rings. The Morgan fingerprint density at radius 3 is 2.68 bits per heavy atom. The van der Waals surface area contributed by atoms with E-state index >= 15 is 0 Å². The molecule has 6 heteroatoms. The molecular formula is C13H21N3O3. The summed E-state index contributed by atoms with van der Waals surface area (Å²) in [7, 11) is 0. The second-order valence-corrected chi connectivity index (χ2v) is 5.18. The summed E-state index contributed by atoms with van der Waals surface area (Å²) in [6.07, 6.45) is 8.03. The predicted octanol–water partition coefficient (Wildman–Crippen LogP) is 1.48. The minimum absolute atomic E-state index is 0.0317. The minimum atomic E-state index is -1.04. The van der Waals surface area contributed by atoms with Crippen LogP contribution < -0.4 is 0 Å². The van der Waals surface area contributed by atoms with Crippen molar-refractivity contribution in [1.82, 2.24) is 15.0 Å². The quantitative estimate of drug-likeness (QED) is 0.815. The topological polar surface area (TPSA) is 88.2 Å². The number of carboxylic acid groups (broad SMARTS) is 1. The molecule has 1 aliphatic carbocycles. The predicted molar refractivity (Wildman–Crippen MR) is 69.0 cm³/mol. The van der Waals surface area contributed by atoms with Crippen LogP contribution in [0.5, 0.6) is 0 Å². The van der Waals surface area contributed by atoms with Crippen LogP contribution in [0.15, 0.2) is 0 Å². The summed E-state index contributed by atoms with van der Waals surface area (Å²) in [4.78, 5) is 11.1. The van der Waals surface area contributed by atoms with Crippen molar-refractivity contribution in [3.8, 4) is 0 Å². The molecule has 2 rings (SSSR count). The average Bonchev–Trinajstić information content (AvgIpc) is 2.81. The highest BCUT2D eigenvalue weighted by molar-refractivity contribution is 5.86. The number of aromatic nitrogens is 3. The van der Waals surface area contributed by atoms with E-state index in [0.29, 0.717) is 24.6 Å². The maximum absolute atomic E-state index is 11.1. The number of nitrogens with zero attached hydrogens (tertiary/aromatic N) is 3. The van der Waals surface area contributed by atoms with Crippen LogP contribution in [0, 0.1) is 5.92 Å². The molecule has 19 heavy (non-hydrogen) atoms. The van der Waals surface area contributed by atoms with Crippen LogP contribution in [0.25, 0.3) is 0 Å². The Balaban J connectivity index is 2.03. The molecule has 1 aromatic heterocycles. The molecular weight excluding hydrogens is 246 g/mol. The van der Waals surface area contributed by atoms with Crippen molar-refractivity contribution in [3.05, 3.63) is 11.4 Å². The third-order valence-electron chi connectivity index (χ3n) is 3.87. The van der Waals surface area contributed by atoms with Gasteiger partial charge in [0, 0.05) is 0 Å². The number of aromatic carboxylic acids is 1.